The molecule has 0 saturated heterocycles. The maximum atomic E-state index is 11.2. The number of amidine groups is 1. The van der Waals surface area contributed by atoms with E-state index in [0.717, 1.165) is 18.4 Å². The van der Waals surface area contributed by atoms with Crippen molar-refractivity contribution in [2.45, 2.75) is 38.1 Å². The SMILES string of the molecule is NNC(=NC1CCCCC1)c1cc[nH]c(=O)c1. The molecule has 0 unspecified atom stereocenters. The smallest absolute Gasteiger partial charge is 0.248 e. The molecule has 5 nitrogen and oxygen atoms in total. The Labute approximate surface area is 100 Å². The Kier molecular flexibility index (Phi) is 3.93. The van der Waals surface area contributed by atoms with Crippen LogP contribution >= 0.6 is 0 Å². The lowest BCUT2D eigenvalue weighted by Gasteiger charge is -2.19. The van der Waals surface area contributed by atoms with Crippen molar-refractivity contribution in [1.29, 1.82) is 0 Å². The Hall–Kier alpha value is -1.62. The molecule has 0 aliphatic heterocycles. The molecular weight excluding hydrogens is 216 g/mol. The second kappa shape index (κ2) is 5.63. The predicted molar refractivity (Wildman–Crippen MR) is 67.8 cm³/mol. The average molecular weight is 234 g/mol. The summed E-state index contributed by atoms with van der Waals surface area (Å²) in [6, 6.07) is 3.62. The minimum atomic E-state index is -0.144. The van der Waals surface area contributed by atoms with Gasteiger partial charge in [-0.1, -0.05) is 19.3 Å². The highest BCUT2D eigenvalue weighted by Crippen LogP contribution is 2.20. The second-order valence-electron chi connectivity index (χ2n) is 4.36. The fraction of sp³-hybridized carbons (Fsp3) is 0.500. The van der Waals surface area contributed by atoms with E-state index < -0.39 is 0 Å². The number of pyridine rings is 1. The molecule has 2 rings (SSSR count). The number of H-pyrrole nitrogens is 1. The molecule has 4 N–H and O–H groups in total. The molecule has 0 radical (unpaired) electrons. The van der Waals surface area contributed by atoms with Crippen molar-refractivity contribution in [2.75, 3.05) is 0 Å². The molecule has 92 valence electrons. The van der Waals surface area contributed by atoms with E-state index in [1.54, 1.807) is 12.3 Å². The van der Waals surface area contributed by atoms with Crippen LogP contribution in [-0.4, -0.2) is 16.9 Å². The molecule has 1 fully saturated rings. The molecule has 1 heterocycles. The molecule has 1 saturated carbocycles. The fourth-order valence-corrected chi connectivity index (χ4v) is 2.18. The normalized spacial score (nSPS) is 18.1. The van der Waals surface area contributed by atoms with Crippen molar-refractivity contribution >= 4 is 5.84 Å². The van der Waals surface area contributed by atoms with Gasteiger partial charge >= 0.3 is 0 Å². The van der Waals surface area contributed by atoms with Gasteiger partial charge in [0.1, 0.15) is 5.84 Å². The van der Waals surface area contributed by atoms with Gasteiger partial charge in [-0.3, -0.25) is 9.79 Å². The van der Waals surface area contributed by atoms with Crippen LogP contribution < -0.4 is 16.8 Å². The van der Waals surface area contributed by atoms with Crippen LogP contribution in [0, 0.1) is 0 Å². The van der Waals surface area contributed by atoms with Gasteiger partial charge in [0.25, 0.3) is 0 Å². The Morgan fingerprint density at radius 2 is 2.18 bits per heavy atom. The Morgan fingerprint density at radius 3 is 2.82 bits per heavy atom. The summed E-state index contributed by atoms with van der Waals surface area (Å²) in [4.78, 5) is 18.4. The van der Waals surface area contributed by atoms with Gasteiger partial charge in [-0.15, -0.1) is 0 Å². The van der Waals surface area contributed by atoms with E-state index in [1.165, 1.54) is 25.3 Å². The molecule has 1 aliphatic carbocycles. The van der Waals surface area contributed by atoms with Crippen LogP contribution in [0.15, 0.2) is 28.1 Å². The first-order valence-electron chi connectivity index (χ1n) is 6.03. The molecule has 1 aromatic rings. The van der Waals surface area contributed by atoms with E-state index in [0.29, 0.717) is 11.9 Å². The number of nitrogens with two attached hydrogens (primary N) is 1. The zero-order valence-corrected chi connectivity index (χ0v) is 9.78. The number of aromatic amines is 1. The van der Waals surface area contributed by atoms with E-state index in [9.17, 15) is 4.79 Å². The molecule has 5 heteroatoms. The quantitative estimate of drug-likeness (QED) is 0.308. The maximum absolute atomic E-state index is 11.2. The van der Waals surface area contributed by atoms with Crippen molar-refractivity contribution in [3.8, 4) is 0 Å². The third kappa shape index (κ3) is 3.17. The summed E-state index contributed by atoms with van der Waals surface area (Å²) in [7, 11) is 0. The number of nitrogens with zero attached hydrogens (tertiary/aromatic N) is 1. The van der Waals surface area contributed by atoms with Crippen LogP contribution in [-0.2, 0) is 0 Å². The van der Waals surface area contributed by atoms with E-state index in [4.69, 9.17) is 5.84 Å². The number of nitrogens with one attached hydrogen (secondary N) is 2. The fourth-order valence-electron chi connectivity index (χ4n) is 2.18. The first-order chi connectivity index (χ1) is 8.29. The van der Waals surface area contributed by atoms with Gasteiger partial charge in [-0.05, 0) is 18.9 Å². The first-order valence-corrected chi connectivity index (χ1v) is 6.03. The molecule has 1 aliphatic rings. The molecule has 0 aromatic carbocycles. The number of hydrogen-bond donors (Lipinski definition) is 3. The van der Waals surface area contributed by atoms with Gasteiger partial charge in [0, 0.05) is 17.8 Å². The van der Waals surface area contributed by atoms with Crippen LogP contribution in [0.4, 0.5) is 0 Å². The summed E-state index contributed by atoms with van der Waals surface area (Å²) in [6.45, 7) is 0. The van der Waals surface area contributed by atoms with Crippen LogP contribution in [0.25, 0.3) is 0 Å². The molecule has 0 amide bonds. The van der Waals surface area contributed by atoms with E-state index >= 15 is 0 Å². The van der Waals surface area contributed by atoms with Gasteiger partial charge < -0.3 is 10.4 Å². The van der Waals surface area contributed by atoms with Crippen molar-refractivity contribution in [3.63, 3.8) is 0 Å². The van der Waals surface area contributed by atoms with Gasteiger partial charge in [-0.25, -0.2) is 5.84 Å². The molecular formula is C12H18N4O. The second-order valence-corrected chi connectivity index (χ2v) is 4.36. The monoisotopic (exact) mass is 234 g/mol. The molecule has 0 bridgehead atoms. The van der Waals surface area contributed by atoms with Gasteiger partial charge in [0.15, 0.2) is 0 Å². The standard InChI is InChI=1S/C12H18N4O/c13-16-12(9-6-7-14-11(17)8-9)15-10-4-2-1-3-5-10/h6-8,10H,1-5,13H2,(H,14,17)(H,15,16). The summed E-state index contributed by atoms with van der Waals surface area (Å²) >= 11 is 0. The zero-order chi connectivity index (χ0) is 12.1. The van der Waals surface area contributed by atoms with E-state index in [2.05, 4.69) is 15.4 Å². The van der Waals surface area contributed by atoms with Crippen LogP contribution in [0.3, 0.4) is 0 Å². The summed E-state index contributed by atoms with van der Waals surface area (Å²) < 4.78 is 0. The topological polar surface area (TPSA) is 83.3 Å². The first kappa shape index (κ1) is 11.9. The maximum Gasteiger partial charge on any atom is 0.248 e. The van der Waals surface area contributed by atoms with Gasteiger partial charge in [0.2, 0.25) is 5.56 Å². The molecule has 0 spiro atoms. The third-order valence-corrected chi connectivity index (χ3v) is 3.07. The van der Waals surface area contributed by atoms with Crippen LogP contribution in [0.1, 0.15) is 37.7 Å². The Balaban J connectivity index is 2.20. The highest BCUT2D eigenvalue weighted by atomic mass is 16.1. The lowest BCUT2D eigenvalue weighted by molar-refractivity contribution is 0.442. The van der Waals surface area contributed by atoms with Crippen molar-refractivity contribution in [3.05, 3.63) is 34.2 Å². The minimum Gasteiger partial charge on any atom is -0.329 e. The van der Waals surface area contributed by atoms with E-state index in [-0.39, 0.29) is 5.56 Å². The zero-order valence-electron chi connectivity index (χ0n) is 9.78. The Morgan fingerprint density at radius 1 is 1.41 bits per heavy atom. The minimum absolute atomic E-state index is 0.144. The van der Waals surface area contributed by atoms with Gasteiger partial charge in [0.05, 0.1) is 6.04 Å². The molecule has 17 heavy (non-hydrogen) atoms. The Bertz CT molecular complexity index is 446. The number of rotatable bonds is 2. The summed E-state index contributed by atoms with van der Waals surface area (Å²) in [6.07, 6.45) is 7.55. The number of aliphatic imine (C=N–C) groups is 1. The van der Waals surface area contributed by atoms with Crippen molar-refractivity contribution < 1.29 is 0 Å². The van der Waals surface area contributed by atoms with Crippen LogP contribution in [0.2, 0.25) is 0 Å². The van der Waals surface area contributed by atoms with Gasteiger partial charge in [-0.2, -0.15) is 0 Å². The lowest BCUT2D eigenvalue weighted by atomic mass is 9.96. The average Bonchev–Trinajstić information content (AvgIpc) is 2.37. The van der Waals surface area contributed by atoms with Crippen molar-refractivity contribution in [1.82, 2.24) is 10.4 Å². The largest absolute Gasteiger partial charge is 0.329 e. The van der Waals surface area contributed by atoms with Crippen molar-refractivity contribution in [2.24, 2.45) is 10.8 Å². The molecule has 1 aromatic heterocycles. The highest BCUT2D eigenvalue weighted by molar-refractivity contribution is 5.98. The highest BCUT2D eigenvalue weighted by Gasteiger charge is 2.13. The summed E-state index contributed by atoms with van der Waals surface area (Å²) in [5.74, 6) is 6.08. The number of hydrogen-bond acceptors (Lipinski definition) is 3. The van der Waals surface area contributed by atoms with E-state index in [1.807, 2.05) is 0 Å². The summed E-state index contributed by atoms with van der Waals surface area (Å²) in [5, 5.41) is 0. The predicted octanol–water partition coefficient (Wildman–Crippen LogP) is 0.917. The number of aromatic nitrogens is 1. The van der Waals surface area contributed by atoms with Crippen LogP contribution in [0.5, 0.6) is 0 Å². The third-order valence-electron chi connectivity index (χ3n) is 3.07. The molecule has 0 atom stereocenters. The number of hydrazine groups is 1. The lowest BCUT2D eigenvalue weighted by Crippen LogP contribution is -2.33. The summed E-state index contributed by atoms with van der Waals surface area (Å²) in [5.41, 5.74) is 3.18.